The molecule has 0 spiro atoms. The standard InChI is InChI=1S/C18H27NO/c1-3-14-9-11-19-17(12-14)18(20)10-8-13(2)15-6-4-5-7-16(15)18/h4-7,13-14,17,19-20H,3,8-12H2,1-2H3. The predicted molar refractivity (Wildman–Crippen MR) is 82.8 cm³/mol. The van der Waals surface area contributed by atoms with Crippen molar-refractivity contribution in [1.82, 2.24) is 5.32 Å². The van der Waals surface area contributed by atoms with E-state index in [1.807, 2.05) is 0 Å². The Morgan fingerprint density at radius 3 is 2.90 bits per heavy atom. The van der Waals surface area contributed by atoms with Gasteiger partial charge < -0.3 is 10.4 Å². The van der Waals surface area contributed by atoms with Crippen molar-refractivity contribution >= 4 is 0 Å². The highest BCUT2D eigenvalue weighted by Gasteiger charge is 2.44. The summed E-state index contributed by atoms with van der Waals surface area (Å²) in [5, 5.41) is 15.0. The van der Waals surface area contributed by atoms with Gasteiger partial charge in [0, 0.05) is 6.04 Å². The number of hydrogen-bond acceptors (Lipinski definition) is 2. The normalized spacial score (nSPS) is 37.5. The molecule has 0 amide bonds. The molecule has 2 nitrogen and oxygen atoms in total. The van der Waals surface area contributed by atoms with E-state index in [2.05, 4.69) is 43.4 Å². The van der Waals surface area contributed by atoms with Gasteiger partial charge in [-0.2, -0.15) is 0 Å². The molecular formula is C18H27NO. The first-order valence-electron chi connectivity index (χ1n) is 8.20. The lowest BCUT2D eigenvalue weighted by Crippen LogP contribution is -2.54. The van der Waals surface area contributed by atoms with Crippen LogP contribution in [0.25, 0.3) is 0 Å². The van der Waals surface area contributed by atoms with Crippen LogP contribution < -0.4 is 5.32 Å². The highest BCUT2D eigenvalue weighted by Crippen LogP contribution is 2.45. The second-order valence-electron chi connectivity index (χ2n) is 6.76. The number of nitrogens with one attached hydrogen (secondary N) is 1. The van der Waals surface area contributed by atoms with Gasteiger partial charge in [0.2, 0.25) is 0 Å². The maximum absolute atomic E-state index is 11.4. The minimum absolute atomic E-state index is 0.217. The lowest BCUT2D eigenvalue weighted by atomic mass is 9.68. The second-order valence-corrected chi connectivity index (χ2v) is 6.76. The molecule has 0 bridgehead atoms. The van der Waals surface area contributed by atoms with Crippen LogP contribution in [0, 0.1) is 5.92 Å². The van der Waals surface area contributed by atoms with E-state index in [9.17, 15) is 5.11 Å². The number of fused-ring (bicyclic) bond motifs is 1. The van der Waals surface area contributed by atoms with Crippen molar-refractivity contribution in [3.05, 3.63) is 35.4 Å². The lowest BCUT2D eigenvalue weighted by molar-refractivity contribution is -0.0366. The highest BCUT2D eigenvalue weighted by atomic mass is 16.3. The van der Waals surface area contributed by atoms with E-state index < -0.39 is 5.60 Å². The van der Waals surface area contributed by atoms with Crippen molar-refractivity contribution in [3.8, 4) is 0 Å². The number of aliphatic hydroxyl groups is 1. The molecule has 2 N–H and O–H groups in total. The van der Waals surface area contributed by atoms with Crippen LogP contribution in [-0.4, -0.2) is 17.7 Å². The summed E-state index contributed by atoms with van der Waals surface area (Å²) in [6.45, 7) is 5.60. The van der Waals surface area contributed by atoms with Crippen molar-refractivity contribution < 1.29 is 5.11 Å². The second kappa shape index (κ2) is 5.50. The molecule has 20 heavy (non-hydrogen) atoms. The number of benzene rings is 1. The minimum atomic E-state index is -0.670. The van der Waals surface area contributed by atoms with Gasteiger partial charge >= 0.3 is 0 Å². The minimum Gasteiger partial charge on any atom is -0.384 e. The first-order chi connectivity index (χ1) is 9.65. The monoisotopic (exact) mass is 273 g/mol. The summed E-state index contributed by atoms with van der Waals surface area (Å²) >= 11 is 0. The maximum Gasteiger partial charge on any atom is 0.105 e. The molecule has 1 fully saturated rings. The van der Waals surface area contributed by atoms with E-state index >= 15 is 0 Å². The molecule has 0 saturated carbocycles. The fraction of sp³-hybridized carbons (Fsp3) is 0.667. The van der Waals surface area contributed by atoms with Gasteiger partial charge in [0.1, 0.15) is 5.60 Å². The molecule has 4 unspecified atom stereocenters. The molecule has 3 rings (SSSR count). The predicted octanol–water partition coefficient (Wildman–Crippen LogP) is 3.55. The molecule has 110 valence electrons. The third-order valence-corrected chi connectivity index (χ3v) is 5.58. The zero-order valence-electron chi connectivity index (χ0n) is 12.7. The van der Waals surface area contributed by atoms with Gasteiger partial charge in [0.05, 0.1) is 0 Å². The Bertz CT molecular complexity index is 472. The van der Waals surface area contributed by atoms with Crippen LogP contribution >= 0.6 is 0 Å². The first kappa shape index (κ1) is 14.1. The summed E-state index contributed by atoms with van der Waals surface area (Å²) < 4.78 is 0. The van der Waals surface area contributed by atoms with Gasteiger partial charge in [0.15, 0.2) is 0 Å². The Kier molecular flexibility index (Phi) is 3.87. The van der Waals surface area contributed by atoms with Crippen LogP contribution in [0.2, 0.25) is 0 Å². The smallest absolute Gasteiger partial charge is 0.105 e. The van der Waals surface area contributed by atoms with Gasteiger partial charge in [-0.15, -0.1) is 0 Å². The SMILES string of the molecule is CCC1CCNC(C2(O)CCC(C)c3ccccc32)C1. The van der Waals surface area contributed by atoms with E-state index in [4.69, 9.17) is 0 Å². The molecule has 4 atom stereocenters. The molecule has 1 aliphatic carbocycles. The van der Waals surface area contributed by atoms with Gasteiger partial charge in [-0.3, -0.25) is 0 Å². The van der Waals surface area contributed by atoms with Crippen LogP contribution in [0.1, 0.15) is 63.0 Å². The quantitative estimate of drug-likeness (QED) is 0.863. The Morgan fingerprint density at radius 1 is 1.30 bits per heavy atom. The number of piperidine rings is 1. The molecule has 1 aliphatic heterocycles. The summed E-state index contributed by atoms with van der Waals surface area (Å²) in [5.74, 6) is 1.33. The van der Waals surface area contributed by atoms with Crippen molar-refractivity contribution in [1.29, 1.82) is 0 Å². The van der Waals surface area contributed by atoms with Crippen molar-refractivity contribution in [3.63, 3.8) is 0 Å². The van der Waals surface area contributed by atoms with E-state index in [0.717, 1.165) is 31.7 Å². The summed E-state index contributed by atoms with van der Waals surface area (Å²) in [6, 6.07) is 8.73. The maximum atomic E-state index is 11.4. The van der Waals surface area contributed by atoms with Gasteiger partial charge in [-0.1, -0.05) is 44.5 Å². The molecule has 0 aromatic heterocycles. The average Bonchev–Trinajstić information content (AvgIpc) is 2.51. The highest BCUT2D eigenvalue weighted by molar-refractivity contribution is 5.38. The van der Waals surface area contributed by atoms with Gasteiger partial charge in [-0.05, 0) is 55.2 Å². The molecule has 1 saturated heterocycles. The molecular weight excluding hydrogens is 246 g/mol. The van der Waals surface area contributed by atoms with E-state index in [-0.39, 0.29) is 6.04 Å². The third kappa shape index (κ3) is 2.29. The van der Waals surface area contributed by atoms with Crippen LogP contribution in [0.5, 0.6) is 0 Å². The Labute approximate surface area is 122 Å². The zero-order valence-corrected chi connectivity index (χ0v) is 12.7. The summed E-state index contributed by atoms with van der Waals surface area (Å²) in [4.78, 5) is 0. The summed E-state index contributed by atoms with van der Waals surface area (Å²) in [5.41, 5.74) is 1.85. The van der Waals surface area contributed by atoms with Crippen molar-refractivity contribution in [2.75, 3.05) is 6.54 Å². The number of rotatable bonds is 2. The average molecular weight is 273 g/mol. The fourth-order valence-electron chi connectivity index (χ4n) is 4.14. The van der Waals surface area contributed by atoms with E-state index in [1.165, 1.54) is 24.0 Å². The fourth-order valence-corrected chi connectivity index (χ4v) is 4.14. The van der Waals surface area contributed by atoms with E-state index in [1.54, 1.807) is 0 Å². The molecule has 0 radical (unpaired) electrons. The molecule has 2 aliphatic rings. The summed E-state index contributed by atoms with van der Waals surface area (Å²) in [7, 11) is 0. The van der Waals surface area contributed by atoms with Crippen LogP contribution in [-0.2, 0) is 5.60 Å². The summed E-state index contributed by atoms with van der Waals surface area (Å²) in [6.07, 6.45) is 5.56. The Hall–Kier alpha value is -0.860. The van der Waals surface area contributed by atoms with Crippen molar-refractivity contribution in [2.45, 2.75) is 63.5 Å². The zero-order chi connectivity index (χ0) is 14.2. The Morgan fingerprint density at radius 2 is 2.10 bits per heavy atom. The molecule has 1 aromatic carbocycles. The van der Waals surface area contributed by atoms with Gasteiger partial charge in [0.25, 0.3) is 0 Å². The molecule has 2 heteroatoms. The van der Waals surface area contributed by atoms with Crippen LogP contribution in [0.3, 0.4) is 0 Å². The molecule has 1 aromatic rings. The number of hydrogen-bond donors (Lipinski definition) is 2. The molecule has 1 heterocycles. The van der Waals surface area contributed by atoms with Gasteiger partial charge in [-0.25, -0.2) is 0 Å². The first-order valence-corrected chi connectivity index (χ1v) is 8.20. The third-order valence-electron chi connectivity index (χ3n) is 5.58. The topological polar surface area (TPSA) is 32.3 Å². The Balaban J connectivity index is 1.94. The van der Waals surface area contributed by atoms with Crippen molar-refractivity contribution in [2.24, 2.45) is 5.92 Å². The van der Waals surface area contributed by atoms with E-state index in [0.29, 0.717) is 5.92 Å². The largest absolute Gasteiger partial charge is 0.384 e. The van der Waals surface area contributed by atoms with Crippen LogP contribution in [0.15, 0.2) is 24.3 Å². The van der Waals surface area contributed by atoms with Crippen LogP contribution in [0.4, 0.5) is 0 Å². The lowest BCUT2D eigenvalue weighted by Gasteiger charge is -2.46.